The molecule has 0 aliphatic carbocycles. The fourth-order valence-electron chi connectivity index (χ4n) is 3.25. The quantitative estimate of drug-likeness (QED) is 0.621. The first-order valence-corrected chi connectivity index (χ1v) is 8.90. The van der Waals surface area contributed by atoms with Crippen LogP contribution in [0.4, 0.5) is 10.1 Å². The molecule has 2 fully saturated rings. The Kier molecular flexibility index (Phi) is 6.40. The molecular formula is C18H25FN4O3. The van der Waals surface area contributed by atoms with Gasteiger partial charge in [0.15, 0.2) is 5.96 Å². The molecule has 1 amide bonds. The molecule has 2 aliphatic rings. The Labute approximate surface area is 152 Å². The molecule has 2 unspecified atom stereocenters. The van der Waals surface area contributed by atoms with E-state index in [-0.39, 0.29) is 30.5 Å². The number of halogens is 1. The highest BCUT2D eigenvalue weighted by atomic mass is 19.1. The number of hydrogen-bond acceptors (Lipinski definition) is 4. The summed E-state index contributed by atoms with van der Waals surface area (Å²) in [6.07, 6.45) is 2.23. The third-order valence-corrected chi connectivity index (χ3v) is 4.50. The number of ether oxygens (including phenoxy) is 2. The number of guanidine groups is 1. The van der Waals surface area contributed by atoms with Crippen LogP contribution in [0.15, 0.2) is 29.3 Å². The molecule has 0 radical (unpaired) electrons. The number of carbonyl (C=O) groups is 1. The lowest BCUT2D eigenvalue weighted by atomic mass is 10.1. The molecule has 2 aliphatic heterocycles. The fraction of sp³-hybridized carbons (Fsp3) is 0.556. The predicted molar refractivity (Wildman–Crippen MR) is 96.7 cm³/mol. The maximum Gasteiger partial charge on any atom is 0.243 e. The van der Waals surface area contributed by atoms with Crippen molar-refractivity contribution in [1.82, 2.24) is 10.2 Å². The van der Waals surface area contributed by atoms with Crippen molar-refractivity contribution >= 4 is 17.6 Å². The van der Waals surface area contributed by atoms with Crippen molar-refractivity contribution in [2.75, 3.05) is 45.2 Å². The van der Waals surface area contributed by atoms with Crippen molar-refractivity contribution in [3.05, 3.63) is 30.1 Å². The average Bonchev–Trinajstić information content (AvgIpc) is 3.17. The maximum absolute atomic E-state index is 13.2. The van der Waals surface area contributed by atoms with Crippen LogP contribution in [0.5, 0.6) is 0 Å². The number of nitrogens with zero attached hydrogens (tertiary/aromatic N) is 2. The summed E-state index contributed by atoms with van der Waals surface area (Å²) in [5.74, 6) is -0.00793. The first-order chi connectivity index (χ1) is 12.7. The molecule has 26 heavy (non-hydrogen) atoms. The zero-order valence-corrected chi connectivity index (χ0v) is 14.9. The number of morpholine rings is 1. The number of anilines is 1. The lowest BCUT2D eigenvalue weighted by Gasteiger charge is -2.37. The van der Waals surface area contributed by atoms with Crippen LogP contribution in [0.2, 0.25) is 0 Å². The summed E-state index contributed by atoms with van der Waals surface area (Å²) < 4.78 is 24.7. The Morgan fingerprint density at radius 2 is 2.19 bits per heavy atom. The predicted octanol–water partition coefficient (Wildman–Crippen LogP) is 1.22. The fourth-order valence-corrected chi connectivity index (χ4v) is 3.25. The van der Waals surface area contributed by atoms with Crippen molar-refractivity contribution in [3.63, 3.8) is 0 Å². The molecule has 1 aromatic carbocycles. The zero-order chi connectivity index (χ0) is 18.4. The average molecular weight is 364 g/mol. The van der Waals surface area contributed by atoms with Crippen molar-refractivity contribution in [2.45, 2.75) is 25.0 Å². The van der Waals surface area contributed by atoms with Gasteiger partial charge in [-0.05, 0) is 31.0 Å². The van der Waals surface area contributed by atoms with Gasteiger partial charge >= 0.3 is 0 Å². The monoisotopic (exact) mass is 364 g/mol. The van der Waals surface area contributed by atoms with E-state index in [9.17, 15) is 9.18 Å². The second-order valence-corrected chi connectivity index (χ2v) is 6.37. The molecule has 2 heterocycles. The van der Waals surface area contributed by atoms with E-state index in [1.54, 1.807) is 19.2 Å². The van der Waals surface area contributed by atoms with Gasteiger partial charge in [-0.1, -0.05) is 6.07 Å². The molecule has 8 heteroatoms. The van der Waals surface area contributed by atoms with Crippen LogP contribution in [-0.4, -0.2) is 68.9 Å². The highest BCUT2D eigenvalue weighted by Crippen LogP contribution is 2.21. The summed E-state index contributed by atoms with van der Waals surface area (Å²) in [6, 6.07) is 5.81. The minimum Gasteiger partial charge on any atom is -0.375 e. The second-order valence-electron chi connectivity index (χ2n) is 6.37. The van der Waals surface area contributed by atoms with E-state index < -0.39 is 0 Å². The lowest BCUT2D eigenvalue weighted by Crippen LogP contribution is -2.54. The number of amides is 1. The summed E-state index contributed by atoms with van der Waals surface area (Å²) in [4.78, 5) is 18.4. The maximum atomic E-state index is 13.2. The van der Waals surface area contributed by atoms with E-state index in [4.69, 9.17) is 9.47 Å². The largest absolute Gasteiger partial charge is 0.375 e. The Morgan fingerprint density at radius 3 is 2.92 bits per heavy atom. The molecule has 7 nitrogen and oxygen atoms in total. The number of hydrogen-bond donors (Lipinski definition) is 2. The van der Waals surface area contributed by atoms with Crippen molar-refractivity contribution in [1.29, 1.82) is 0 Å². The van der Waals surface area contributed by atoms with Gasteiger partial charge in [0, 0.05) is 32.4 Å². The van der Waals surface area contributed by atoms with Crippen LogP contribution in [0.25, 0.3) is 0 Å². The smallest absolute Gasteiger partial charge is 0.243 e. The van der Waals surface area contributed by atoms with E-state index >= 15 is 0 Å². The standard InChI is InChI=1S/C18H25FN4O3/c1-20-18(21-11-17(24)22-14-5-2-4-13(19)10-14)23-7-9-26-16(12-23)15-6-3-8-25-15/h2,4-5,10,15-16H,3,6-9,11-12H2,1H3,(H,20,21)(H,22,24). The molecular weight excluding hydrogens is 339 g/mol. The highest BCUT2D eigenvalue weighted by Gasteiger charge is 2.32. The van der Waals surface area contributed by atoms with Gasteiger partial charge in [0.1, 0.15) is 11.9 Å². The highest BCUT2D eigenvalue weighted by molar-refractivity contribution is 5.95. The van der Waals surface area contributed by atoms with Crippen LogP contribution in [0.1, 0.15) is 12.8 Å². The Morgan fingerprint density at radius 1 is 1.35 bits per heavy atom. The van der Waals surface area contributed by atoms with Gasteiger partial charge in [0.25, 0.3) is 0 Å². The molecule has 142 valence electrons. The Bertz CT molecular complexity index is 649. The minimum absolute atomic E-state index is 0.0194. The van der Waals surface area contributed by atoms with Gasteiger partial charge in [0.2, 0.25) is 5.91 Å². The number of carbonyl (C=O) groups excluding carboxylic acids is 1. The molecule has 0 aromatic heterocycles. The number of nitrogens with one attached hydrogen (secondary N) is 2. The van der Waals surface area contributed by atoms with Crippen LogP contribution in [-0.2, 0) is 14.3 Å². The molecule has 1 aromatic rings. The van der Waals surface area contributed by atoms with Gasteiger partial charge < -0.3 is 25.0 Å². The molecule has 2 atom stereocenters. The topological polar surface area (TPSA) is 75.2 Å². The SMILES string of the molecule is CN=C(NCC(=O)Nc1cccc(F)c1)N1CCOC(C2CCCO2)C1. The second kappa shape index (κ2) is 8.95. The van der Waals surface area contributed by atoms with Gasteiger partial charge in [-0.2, -0.15) is 0 Å². The third kappa shape index (κ3) is 4.92. The van der Waals surface area contributed by atoms with Crippen LogP contribution in [0.3, 0.4) is 0 Å². The third-order valence-electron chi connectivity index (χ3n) is 4.50. The van der Waals surface area contributed by atoms with E-state index in [0.29, 0.717) is 31.3 Å². The van der Waals surface area contributed by atoms with Crippen LogP contribution < -0.4 is 10.6 Å². The summed E-state index contributed by atoms with van der Waals surface area (Å²) in [7, 11) is 1.68. The summed E-state index contributed by atoms with van der Waals surface area (Å²) >= 11 is 0. The normalized spacial score (nSPS) is 23.8. The molecule has 2 saturated heterocycles. The lowest BCUT2D eigenvalue weighted by molar-refractivity contribution is -0.115. The van der Waals surface area contributed by atoms with Crippen molar-refractivity contribution in [2.24, 2.45) is 4.99 Å². The summed E-state index contributed by atoms with van der Waals surface area (Å²) in [6.45, 7) is 2.81. The molecule has 0 saturated carbocycles. The Hall–Kier alpha value is -2.19. The zero-order valence-electron chi connectivity index (χ0n) is 14.9. The Balaban J connectivity index is 1.50. The van der Waals surface area contributed by atoms with Crippen molar-refractivity contribution < 1.29 is 18.7 Å². The van der Waals surface area contributed by atoms with E-state index in [1.165, 1.54) is 12.1 Å². The van der Waals surface area contributed by atoms with Gasteiger partial charge in [-0.3, -0.25) is 9.79 Å². The number of benzene rings is 1. The number of rotatable bonds is 4. The van der Waals surface area contributed by atoms with Gasteiger partial charge in [-0.15, -0.1) is 0 Å². The van der Waals surface area contributed by atoms with E-state index in [0.717, 1.165) is 19.4 Å². The molecule has 3 rings (SSSR count). The van der Waals surface area contributed by atoms with E-state index in [2.05, 4.69) is 20.5 Å². The molecule has 0 spiro atoms. The minimum atomic E-state index is -0.389. The summed E-state index contributed by atoms with van der Waals surface area (Å²) in [5, 5.41) is 5.72. The van der Waals surface area contributed by atoms with Gasteiger partial charge in [0.05, 0.1) is 19.3 Å². The molecule has 0 bridgehead atoms. The summed E-state index contributed by atoms with van der Waals surface area (Å²) in [5.41, 5.74) is 0.427. The first kappa shape index (κ1) is 18.6. The number of aliphatic imine (C=N–C) groups is 1. The van der Waals surface area contributed by atoms with Crippen molar-refractivity contribution in [3.8, 4) is 0 Å². The van der Waals surface area contributed by atoms with E-state index in [1.807, 2.05) is 0 Å². The van der Waals surface area contributed by atoms with Crippen LogP contribution >= 0.6 is 0 Å². The van der Waals surface area contributed by atoms with Crippen LogP contribution in [0, 0.1) is 5.82 Å². The van der Waals surface area contributed by atoms with Gasteiger partial charge in [-0.25, -0.2) is 4.39 Å². The first-order valence-electron chi connectivity index (χ1n) is 8.90. The molecule has 2 N–H and O–H groups in total.